The van der Waals surface area contributed by atoms with Gasteiger partial charge in [0.05, 0.1) is 6.07 Å². The van der Waals surface area contributed by atoms with Gasteiger partial charge in [-0.05, 0) is 36.5 Å². The van der Waals surface area contributed by atoms with Crippen LogP contribution in [0.5, 0.6) is 0 Å². The first-order valence-corrected chi connectivity index (χ1v) is 9.18. The van der Waals surface area contributed by atoms with E-state index in [1.54, 1.807) is 0 Å². The van der Waals surface area contributed by atoms with Gasteiger partial charge < -0.3 is 0 Å². The average molecular weight is 275 g/mol. The van der Waals surface area contributed by atoms with Gasteiger partial charge in [-0.2, -0.15) is 5.26 Å². The van der Waals surface area contributed by atoms with Crippen molar-refractivity contribution in [2.24, 2.45) is 23.7 Å². The Balaban J connectivity index is 1.57. The zero-order valence-corrected chi connectivity index (χ0v) is 13.4. The Bertz CT molecular complexity index is 287. The minimum Gasteiger partial charge on any atom is -0.198 e. The van der Waals surface area contributed by atoms with Crippen LogP contribution in [0.2, 0.25) is 0 Å². The van der Waals surface area contributed by atoms with Gasteiger partial charge >= 0.3 is 0 Å². The van der Waals surface area contributed by atoms with E-state index in [1.165, 1.54) is 77.0 Å². The molecule has 2 saturated carbocycles. The fourth-order valence-electron chi connectivity index (χ4n) is 4.54. The van der Waals surface area contributed by atoms with Crippen LogP contribution < -0.4 is 0 Å². The van der Waals surface area contributed by atoms with E-state index in [2.05, 4.69) is 13.0 Å². The van der Waals surface area contributed by atoms with Crippen LogP contribution in [0.3, 0.4) is 0 Å². The first kappa shape index (κ1) is 15.9. The van der Waals surface area contributed by atoms with Crippen molar-refractivity contribution in [2.75, 3.05) is 0 Å². The molecule has 0 aromatic heterocycles. The fourth-order valence-corrected chi connectivity index (χ4v) is 4.54. The molecule has 114 valence electrons. The molecule has 0 unspecified atom stereocenters. The van der Waals surface area contributed by atoms with E-state index < -0.39 is 0 Å². The highest BCUT2D eigenvalue weighted by Gasteiger charge is 2.24. The molecule has 0 bridgehead atoms. The molecular formula is C19H33N. The number of nitriles is 1. The summed E-state index contributed by atoms with van der Waals surface area (Å²) in [5, 5.41) is 8.77. The lowest BCUT2D eigenvalue weighted by Crippen LogP contribution is -2.18. The maximum atomic E-state index is 8.77. The van der Waals surface area contributed by atoms with Crippen molar-refractivity contribution < 1.29 is 0 Å². The number of nitrogens with zero attached hydrogens (tertiary/aromatic N) is 1. The van der Waals surface area contributed by atoms with Crippen LogP contribution in [-0.4, -0.2) is 0 Å². The van der Waals surface area contributed by atoms with Crippen molar-refractivity contribution in [1.82, 2.24) is 0 Å². The third-order valence-electron chi connectivity index (χ3n) is 5.99. The van der Waals surface area contributed by atoms with Crippen molar-refractivity contribution in [3.63, 3.8) is 0 Å². The molecule has 2 rings (SSSR count). The van der Waals surface area contributed by atoms with Gasteiger partial charge in [0.2, 0.25) is 0 Å². The van der Waals surface area contributed by atoms with Crippen LogP contribution in [-0.2, 0) is 0 Å². The van der Waals surface area contributed by atoms with Crippen LogP contribution in [0.15, 0.2) is 0 Å². The van der Waals surface area contributed by atoms with Crippen LogP contribution in [0, 0.1) is 35.0 Å². The second-order valence-electron chi connectivity index (χ2n) is 7.50. The van der Waals surface area contributed by atoms with Crippen molar-refractivity contribution in [2.45, 2.75) is 90.4 Å². The molecule has 2 aliphatic rings. The van der Waals surface area contributed by atoms with E-state index in [9.17, 15) is 0 Å². The third-order valence-corrected chi connectivity index (χ3v) is 5.99. The van der Waals surface area contributed by atoms with Gasteiger partial charge in [-0.1, -0.05) is 71.1 Å². The molecule has 0 heterocycles. The smallest absolute Gasteiger partial charge is 0.0624 e. The molecule has 0 spiro atoms. The minimum absolute atomic E-state index is 0.723. The van der Waals surface area contributed by atoms with Crippen LogP contribution in [0.4, 0.5) is 0 Å². The van der Waals surface area contributed by atoms with Gasteiger partial charge in [0.25, 0.3) is 0 Å². The zero-order valence-electron chi connectivity index (χ0n) is 13.4. The first-order chi connectivity index (χ1) is 9.81. The highest BCUT2D eigenvalue weighted by Crippen LogP contribution is 2.37. The van der Waals surface area contributed by atoms with Crippen molar-refractivity contribution in [1.29, 1.82) is 5.26 Å². The van der Waals surface area contributed by atoms with Crippen LogP contribution in [0.25, 0.3) is 0 Å². The Hall–Kier alpha value is -0.510. The SMILES string of the molecule is CCC[C@H]1CC[C@H](CC[C@H]2CC[C@H](CC#N)CC2)CC1. The standard InChI is InChI=1S/C19H33N/c1-2-3-16-4-6-17(7-5-16)8-9-18-10-12-19(13-11-18)14-15-20/h16-19H,2-14H2,1H3/t16-,17-,18-,19-. The molecule has 0 N–H and O–H groups in total. The first-order valence-electron chi connectivity index (χ1n) is 9.18. The second-order valence-corrected chi connectivity index (χ2v) is 7.50. The summed E-state index contributed by atoms with van der Waals surface area (Å²) in [4.78, 5) is 0. The molecule has 0 atom stereocenters. The molecule has 1 heteroatoms. The largest absolute Gasteiger partial charge is 0.198 e. The van der Waals surface area contributed by atoms with E-state index >= 15 is 0 Å². The maximum absolute atomic E-state index is 8.77. The lowest BCUT2D eigenvalue weighted by Gasteiger charge is -2.31. The van der Waals surface area contributed by atoms with Crippen LogP contribution in [0.1, 0.15) is 90.4 Å². The topological polar surface area (TPSA) is 23.8 Å². The third kappa shape index (κ3) is 5.12. The van der Waals surface area contributed by atoms with Gasteiger partial charge in [-0.25, -0.2) is 0 Å². The van der Waals surface area contributed by atoms with Gasteiger partial charge in [-0.15, -0.1) is 0 Å². The molecule has 0 aromatic rings. The van der Waals surface area contributed by atoms with E-state index in [4.69, 9.17) is 5.26 Å². The predicted octanol–water partition coefficient (Wildman–Crippen LogP) is 6.09. The lowest BCUT2D eigenvalue weighted by atomic mass is 9.74. The molecule has 0 radical (unpaired) electrons. The van der Waals surface area contributed by atoms with Crippen molar-refractivity contribution in [3.8, 4) is 6.07 Å². The molecule has 0 saturated heterocycles. The lowest BCUT2D eigenvalue weighted by molar-refractivity contribution is 0.213. The summed E-state index contributed by atoms with van der Waals surface area (Å²) in [6.07, 6.45) is 18.1. The normalized spacial score (nSPS) is 34.6. The Kier molecular flexibility index (Phi) is 6.91. The van der Waals surface area contributed by atoms with E-state index in [0.717, 1.165) is 30.1 Å². The Morgan fingerprint density at radius 2 is 1.10 bits per heavy atom. The molecule has 20 heavy (non-hydrogen) atoms. The van der Waals surface area contributed by atoms with Gasteiger partial charge in [0, 0.05) is 6.42 Å². The molecule has 0 aromatic carbocycles. The molecule has 2 fully saturated rings. The number of hydrogen-bond acceptors (Lipinski definition) is 1. The highest BCUT2D eigenvalue weighted by atomic mass is 14.3. The van der Waals surface area contributed by atoms with Gasteiger partial charge in [0.1, 0.15) is 0 Å². The number of hydrogen-bond donors (Lipinski definition) is 0. The van der Waals surface area contributed by atoms with E-state index in [-0.39, 0.29) is 0 Å². The molecule has 1 nitrogen and oxygen atoms in total. The highest BCUT2D eigenvalue weighted by molar-refractivity contribution is 4.81. The Morgan fingerprint density at radius 3 is 1.50 bits per heavy atom. The summed E-state index contributed by atoms with van der Waals surface area (Å²) in [5.74, 6) is 3.80. The van der Waals surface area contributed by atoms with E-state index in [0.29, 0.717) is 0 Å². The van der Waals surface area contributed by atoms with E-state index in [1.807, 2.05) is 0 Å². The average Bonchev–Trinajstić information content (AvgIpc) is 2.49. The molecular weight excluding hydrogens is 242 g/mol. The monoisotopic (exact) mass is 275 g/mol. The van der Waals surface area contributed by atoms with Gasteiger partial charge in [-0.3, -0.25) is 0 Å². The minimum atomic E-state index is 0.723. The second kappa shape index (κ2) is 8.71. The summed E-state index contributed by atoms with van der Waals surface area (Å²) in [7, 11) is 0. The molecule has 0 amide bonds. The van der Waals surface area contributed by atoms with Crippen molar-refractivity contribution >= 4 is 0 Å². The van der Waals surface area contributed by atoms with Crippen LogP contribution >= 0.6 is 0 Å². The quantitative estimate of drug-likeness (QED) is 0.575. The summed E-state index contributed by atoms with van der Waals surface area (Å²) < 4.78 is 0. The summed E-state index contributed by atoms with van der Waals surface area (Å²) in [6, 6.07) is 2.35. The van der Waals surface area contributed by atoms with Crippen molar-refractivity contribution in [3.05, 3.63) is 0 Å². The Labute approximate surface area is 126 Å². The fraction of sp³-hybridized carbons (Fsp3) is 0.947. The number of rotatable bonds is 6. The predicted molar refractivity (Wildman–Crippen MR) is 85.3 cm³/mol. The summed E-state index contributed by atoms with van der Waals surface area (Å²) in [6.45, 7) is 2.33. The summed E-state index contributed by atoms with van der Waals surface area (Å²) in [5.41, 5.74) is 0. The maximum Gasteiger partial charge on any atom is 0.0624 e. The summed E-state index contributed by atoms with van der Waals surface area (Å²) >= 11 is 0. The van der Waals surface area contributed by atoms with Gasteiger partial charge in [0.15, 0.2) is 0 Å². The zero-order chi connectivity index (χ0) is 14.2. The molecule has 2 aliphatic carbocycles. The molecule has 0 aliphatic heterocycles. The Morgan fingerprint density at radius 1 is 0.700 bits per heavy atom.